The molecule has 1 aromatic heterocycles. The maximum Gasteiger partial charge on any atom is 0.294 e. The number of nitrogens with zero attached hydrogens (tertiary/aromatic N) is 2. The van der Waals surface area contributed by atoms with Crippen molar-refractivity contribution in [2.75, 3.05) is 17.2 Å². The van der Waals surface area contributed by atoms with Crippen molar-refractivity contribution in [3.63, 3.8) is 0 Å². The number of aryl methyl sites for hydroxylation is 1. The van der Waals surface area contributed by atoms with E-state index in [1.165, 1.54) is 18.2 Å². The van der Waals surface area contributed by atoms with Gasteiger partial charge >= 0.3 is 0 Å². The zero-order valence-electron chi connectivity index (χ0n) is 20.8. The van der Waals surface area contributed by atoms with E-state index >= 15 is 0 Å². The van der Waals surface area contributed by atoms with Gasteiger partial charge < -0.3 is 15.2 Å². The Morgan fingerprint density at radius 2 is 1.67 bits per heavy atom. The number of benzene rings is 3. The Labute approximate surface area is 227 Å². The van der Waals surface area contributed by atoms with Gasteiger partial charge in [-0.3, -0.25) is 24.1 Å². The average molecular weight is 543 g/mol. The third-order valence-corrected chi connectivity index (χ3v) is 6.95. The van der Waals surface area contributed by atoms with Crippen molar-refractivity contribution < 1.29 is 23.6 Å². The Hall–Kier alpha value is -4.70. The molecule has 0 bridgehead atoms. The SMILES string of the molecule is Cc1cccc(NC(=O)Cn2cc(/C=C3/SC(=O)N(CC(=O)Nc4ccccc4F)C3=O)c3ccccc32)c1. The van der Waals surface area contributed by atoms with E-state index in [1.807, 2.05) is 55.5 Å². The lowest BCUT2D eigenvalue weighted by Crippen LogP contribution is -2.36. The quantitative estimate of drug-likeness (QED) is 0.305. The van der Waals surface area contributed by atoms with Crippen molar-refractivity contribution >= 4 is 63.1 Å². The number of carbonyl (C=O) groups excluding carboxylic acids is 4. The summed E-state index contributed by atoms with van der Waals surface area (Å²) in [6.07, 6.45) is 3.33. The number of aromatic nitrogens is 1. The third kappa shape index (κ3) is 5.75. The second kappa shape index (κ2) is 11.0. The lowest BCUT2D eigenvalue weighted by atomic mass is 10.1. The number of para-hydroxylation sites is 2. The van der Waals surface area contributed by atoms with Crippen LogP contribution in [0.25, 0.3) is 17.0 Å². The highest BCUT2D eigenvalue weighted by Crippen LogP contribution is 2.34. The molecule has 8 nitrogen and oxygen atoms in total. The van der Waals surface area contributed by atoms with E-state index in [9.17, 15) is 23.6 Å². The molecule has 2 heterocycles. The number of hydrogen-bond acceptors (Lipinski definition) is 5. The van der Waals surface area contributed by atoms with Crippen molar-refractivity contribution in [3.05, 3.63) is 101 Å². The molecule has 0 saturated carbocycles. The van der Waals surface area contributed by atoms with Gasteiger partial charge in [-0.1, -0.05) is 42.5 Å². The monoisotopic (exact) mass is 542 g/mol. The molecule has 0 radical (unpaired) electrons. The zero-order chi connectivity index (χ0) is 27.5. The van der Waals surface area contributed by atoms with Gasteiger partial charge in [0.15, 0.2) is 0 Å². The molecule has 4 amide bonds. The van der Waals surface area contributed by atoms with Crippen molar-refractivity contribution in [2.24, 2.45) is 0 Å². The standard InChI is InChI=1S/C29H23FN4O4S/c1-18-7-6-8-20(13-18)31-26(35)16-33-15-19(21-9-2-5-12-24(21)33)14-25-28(37)34(29(38)39-25)17-27(36)32-23-11-4-3-10-22(23)30/h2-15H,16-17H2,1H3,(H,31,35)(H,32,36)/b25-14+. The van der Waals surface area contributed by atoms with Gasteiger partial charge in [0, 0.05) is 28.4 Å². The molecule has 5 rings (SSSR count). The van der Waals surface area contributed by atoms with E-state index < -0.39 is 29.4 Å². The minimum absolute atomic E-state index is 0.0377. The molecule has 2 N–H and O–H groups in total. The van der Waals surface area contributed by atoms with Crippen LogP contribution in [-0.2, 0) is 20.9 Å². The van der Waals surface area contributed by atoms with Crippen LogP contribution in [0.2, 0.25) is 0 Å². The van der Waals surface area contributed by atoms with Crippen molar-refractivity contribution in [3.8, 4) is 0 Å². The molecule has 0 unspecified atom stereocenters. The summed E-state index contributed by atoms with van der Waals surface area (Å²) in [5, 5.41) is 5.46. The fourth-order valence-corrected chi connectivity index (χ4v) is 5.10. The highest BCUT2D eigenvalue weighted by Gasteiger charge is 2.36. The smallest absolute Gasteiger partial charge is 0.294 e. The normalized spacial score (nSPS) is 14.3. The van der Waals surface area contributed by atoms with Gasteiger partial charge in [-0.15, -0.1) is 0 Å². The first-order chi connectivity index (χ1) is 18.8. The summed E-state index contributed by atoms with van der Waals surface area (Å²) in [6.45, 7) is 1.44. The second-order valence-corrected chi connectivity index (χ2v) is 9.94. The minimum Gasteiger partial charge on any atom is -0.337 e. The Bertz CT molecular complexity index is 1660. The van der Waals surface area contributed by atoms with E-state index in [-0.39, 0.29) is 23.0 Å². The first-order valence-corrected chi connectivity index (χ1v) is 12.8. The summed E-state index contributed by atoms with van der Waals surface area (Å²) in [5.41, 5.74) is 3.12. The Morgan fingerprint density at radius 1 is 0.923 bits per heavy atom. The van der Waals surface area contributed by atoms with Crippen LogP contribution < -0.4 is 10.6 Å². The van der Waals surface area contributed by atoms with E-state index in [0.717, 1.165) is 33.1 Å². The van der Waals surface area contributed by atoms with E-state index in [0.29, 0.717) is 11.3 Å². The number of amides is 4. The van der Waals surface area contributed by atoms with Crippen molar-refractivity contribution in [1.29, 1.82) is 0 Å². The molecule has 0 spiro atoms. The largest absolute Gasteiger partial charge is 0.337 e. The number of nitrogens with one attached hydrogen (secondary N) is 2. The van der Waals surface area contributed by atoms with Crippen LogP contribution in [0.4, 0.5) is 20.6 Å². The number of fused-ring (bicyclic) bond motifs is 1. The molecule has 4 aromatic rings. The number of imide groups is 1. The van der Waals surface area contributed by atoms with Gasteiger partial charge in [0.2, 0.25) is 11.8 Å². The Morgan fingerprint density at radius 3 is 2.46 bits per heavy atom. The van der Waals surface area contributed by atoms with E-state index in [4.69, 9.17) is 0 Å². The molecule has 0 aliphatic carbocycles. The predicted molar refractivity (Wildman–Crippen MR) is 149 cm³/mol. The van der Waals surface area contributed by atoms with E-state index in [1.54, 1.807) is 22.9 Å². The zero-order valence-corrected chi connectivity index (χ0v) is 21.6. The summed E-state index contributed by atoms with van der Waals surface area (Å²) >= 11 is 0.719. The summed E-state index contributed by atoms with van der Waals surface area (Å²) in [6, 6.07) is 20.6. The van der Waals surface area contributed by atoms with Gasteiger partial charge in [-0.05, 0) is 60.7 Å². The first-order valence-electron chi connectivity index (χ1n) is 12.0. The lowest BCUT2D eigenvalue weighted by Gasteiger charge is -2.12. The van der Waals surface area contributed by atoms with Crippen LogP contribution in [0, 0.1) is 12.7 Å². The molecule has 1 aliphatic rings. The summed E-state index contributed by atoms with van der Waals surface area (Å²) in [5.74, 6) is -2.15. The molecule has 10 heteroatoms. The van der Waals surface area contributed by atoms with E-state index in [2.05, 4.69) is 10.6 Å². The van der Waals surface area contributed by atoms with Gasteiger partial charge in [0.25, 0.3) is 11.1 Å². The predicted octanol–water partition coefficient (Wildman–Crippen LogP) is 5.40. The number of hydrogen-bond donors (Lipinski definition) is 2. The third-order valence-electron chi connectivity index (χ3n) is 6.05. The van der Waals surface area contributed by atoms with Gasteiger partial charge in [-0.25, -0.2) is 4.39 Å². The number of anilines is 2. The summed E-state index contributed by atoms with van der Waals surface area (Å²) in [4.78, 5) is 51.7. The van der Waals surface area contributed by atoms with Crippen molar-refractivity contribution in [1.82, 2.24) is 9.47 Å². The molecular formula is C29H23FN4O4S. The van der Waals surface area contributed by atoms with Gasteiger partial charge in [-0.2, -0.15) is 0 Å². The van der Waals surface area contributed by atoms with Crippen LogP contribution >= 0.6 is 11.8 Å². The van der Waals surface area contributed by atoms with Crippen molar-refractivity contribution in [2.45, 2.75) is 13.5 Å². The molecule has 3 aromatic carbocycles. The number of rotatable bonds is 7. The first kappa shape index (κ1) is 25.9. The molecule has 1 aliphatic heterocycles. The van der Waals surface area contributed by atoms with Crippen LogP contribution in [0.5, 0.6) is 0 Å². The number of thioether (sulfide) groups is 1. The van der Waals surface area contributed by atoms with Crippen LogP contribution in [0.15, 0.2) is 83.9 Å². The highest BCUT2D eigenvalue weighted by molar-refractivity contribution is 8.18. The Balaban J connectivity index is 1.34. The summed E-state index contributed by atoms with van der Waals surface area (Å²) < 4.78 is 15.6. The molecule has 196 valence electrons. The molecule has 39 heavy (non-hydrogen) atoms. The highest BCUT2D eigenvalue weighted by atomic mass is 32.2. The number of halogens is 1. The number of carbonyl (C=O) groups is 4. The average Bonchev–Trinajstić information content (AvgIpc) is 3.37. The Kier molecular flexibility index (Phi) is 7.29. The van der Waals surface area contributed by atoms with Crippen LogP contribution in [0.1, 0.15) is 11.1 Å². The molecule has 0 atom stereocenters. The fourth-order valence-electron chi connectivity index (χ4n) is 4.27. The van der Waals surface area contributed by atoms with Crippen LogP contribution in [-0.4, -0.2) is 39.0 Å². The molecule has 1 saturated heterocycles. The maximum atomic E-state index is 13.9. The minimum atomic E-state index is -0.695. The van der Waals surface area contributed by atoms with Crippen LogP contribution in [0.3, 0.4) is 0 Å². The van der Waals surface area contributed by atoms with Gasteiger partial charge in [0.1, 0.15) is 18.9 Å². The fraction of sp³-hybridized carbons (Fsp3) is 0.103. The summed E-state index contributed by atoms with van der Waals surface area (Å²) in [7, 11) is 0. The molecule has 1 fully saturated rings. The topological polar surface area (TPSA) is 101 Å². The lowest BCUT2D eigenvalue weighted by molar-refractivity contribution is -0.127. The maximum absolute atomic E-state index is 13.9. The second-order valence-electron chi connectivity index (χ2n) is 8.94. The molecular weight excluding hydrogens is 519 g/mol. The van der Waals surface area contributed by atoms with Gasteiger partial charge in [0.05, 0.1) is 10.6 Å².